The van der Waals surface area contributed by atoms with Crippen LogP contribution in [0.1, 0.15) is 23.7 Å². The van der Waals surface area contributed by atoms with Gasteiger partial charge in [0.1, 0.15) is 0 Å². The van der Waals surface area contributed by atoms with Crippen LogP contribution in [-0.4, -0.2) is 80.1 Å². The van der Waals surface area contributed by atoms with Gasteiger partial charge >= 0.3 is 47.6 Å². The summed E-state index contributed by atoms with van der Waals surface area (Å²) in [5.74, 6) is -60.8. The molecule has 5 nitrogen and oxygen atoms in total. The molecule has 0 saturated heterocycles. The number of pyridine rings is 1. The first-order valence-corrected chi connectivity index (χ1v) is 9.73. The summed E-state index contributed by atoms with van der Waals surface area (Å²) in [5, 5.41) is 12.0. The zero-order chi connectivity index (χ0) is 31.8. The SMILES string of the molecule is CC1=NN(C(=O)c2cccnc2)[C@](O)(C(F)(F)C(F)(F)C(F)(F)C(F)(F)C(F)(F)C(F)(F)C(F)(F)C(F)(F)F)C1. The highest BCUT2D eigenvalue weighted by molar-refractivity contribution is 5.97. The summed E-state index contributed by atoms with van der Waals surface area (Å²) in [5.41, 5.74) is -7.07. The van der Waals surface area contributed by atoms with Crippen molar-refractivity contribution < 1.29 is 84.5 Å². The molecule has 1 N–H and O–H groups in total. The predicted molar refractivity (Wildman–Crippen MR) is 93.8 cm³/mol. The smallest absolute Gasteiger partial charge is 0.364 e. The van der Waals surface area contributed by atoms with Crippen LogP contribution in [0.25, 0.3) is 0 Å². The van der Waals surface area contributed by atoms with Crippen molar-refractivity contribution in [2.24, 2.45) is 5.10 Å². The third kappa shape index (κ3) is 4.06. The Morgan fingerprint density at radius 1 is 0.775 bits per heavy atom. The first kappa shape index (κ1) is 33.3. The van der Waals surface area contributed by atoms with Crippen molar-refractivity contribution in [3.05, 3.63) is 30.1 Å². The maximum absolute atomic E-state index is 14.9. The first-order valence-electron chi connectivity index (χ1n) is 9.73. The molecule has 0 aliphatic carbocycles. The Morgan fingerprint density at radius 3 is 1.60 bits per heavy atom. The number of carbonyl (C=O) groups excluding carboxylic acids is 1. The zero-order valence-electron chi connectivity index (χ0n) is 18.6. The lowest BCUT2D eigenvalue weighted by atomic mass is 9.84. The number of halogens is 17. The van der Waals surface area contributed by atoms with Crippen LogP contribution < -0.4 is 0 Å². The third-order valence-electron chi connectivity index (χ3n) is 5.45. The highest BCUT2D eigenvalue weighted by atomic mass is 19.4. The van der Waals surface area contributed by atoms with Crippen molar-refractivity contribution in [2.45, 2.75) is 66.7 Å². The fraction of sp³-hybridized carbons (Fsp3) is 0.611. The van der Waals surface area contributed by atoms with E-state index in [0.29, 0.717) is 19.2 Å². The normalized spacial score (nSPS) is 20.6. The number of amides is 1. The standard InChI is InChI=1S/C18H10F17N3O2/c1-7-5-10(40,38(37-7)9(39)8-3-2-4-36-6-8)11(19,20)12(21,22)13(23,24)14(25,26)15(27,28)16(29,30)17(31,32)18(33,34)35/h2-4,6,40H,5H2,1H3/t10-/m1/s1. The van der Waals surface area contributed by atoms with E-state index in [1.165, 1.54) is 0 Å². The number of rotatable bonds is 8. The maximum atomic E-state index is 14.9. The van der Waals surface area contributed by atoms with E-state index in [-0.39, 0.29) is 0 Å². The van der Waals surface area contributed by atoms with E-state index in [1.807, 2.05) is 0 Å². The van der Waals surface area contributed by atoms with E-state index >= 15 is 0 Å². The fourth-order valence-corrected chi connectivity index (χ4v) is 3.20. The minimum Gasteiger partial charge on any atom is -0.364 e. The van der Waals surface area contributed by atoms with Gasteiger partial charge in [-0.3, -0.25) is 9.78 Å². The molecule has 1 aliphatic rings. The number of carbonyl (C=O) groups is 1. The Labute approximate surface area is 209 Å². The van der Waals surface area contributed by atoms with E-state index in [0.717, 1.165) is 12.3 Å². The molecule has 1 aromatic heterocycles. The molecule has 40 heavy (non-hydrogen) atoms. The van der Waals surface area contributed by atoms with E-state index < -0.39 is 82.0 Å². The summed E-state index contributed by atoms with van der Waals surface area (Å²) in [6.45, 7) is 0.566. The number of alkyl halides is 17. The lowest BCUT2D eigenvalue weighted by Crippen LogP contribution is -2.77. The Bertz CT molecular complexity index is 1170. The molecule has 2 rings (SSSR count). The van der Waals surface area contributed by atoms with E-state index in [2.05, 4.69) is 10.1 Å². The van der Waals surface area contributed by atoms with E-state index in [1.54, 1.807) is 0 Å². The molecule has 228 valence electrons. The molecule has 2 heterocycles. The molecule has 0 aromatic carbocycles. The van der Waals surface area contributed by atoms with Gasteiger partial charge < -0.3 is 5.11 Å². The second-order valence-electron chi connectivity index (χ2n) is 8.21. The van der Waals surface area contributed by atoms with Crippen LogP contribution in [-0.2, 0) is 0 Å². The van der Waals surface area contributed by atoms with E-state index in [9.17, 15) is 84.5 Å². The monoisotopic (exact) mass is 623 g/mol. The van der Waals surface area contributed by atoms with Crippen molar-refractivity contribution in [3.63, 3.8) is 0 Å². The maximum Gasteiger partial charge on any atom is 0.460 e. The van der Waals surface area contributed by atoms with Crippen molar-refractivity contribution >= 4 is 11.6 Å². The number of aromatic nitrogens is 1. The van der Waals surface area contributed by atoms with Gasteiger partial charge in [-0.1, -0.05) is 0 Å². The average molecular weight is 623 g/mol. The minimum absolute atomic E-state index is 0.494. The number of hydrogen-bond acceptors (Lipinski definition) is 4. The average Bonchev–Trinajstić information content (AvgIpc) is 3.13. The summed E-state index contributed by atoms with van der Waals surface area (Å²) >= 11 is 0. The topological polar surface area (TPSA) is 65.8 Å². The molecule has 1 atom stereocenters. The van der Waals surface area contributed by atoms with Crippen LogP contribution in [0.5, 0.6) is 0 Å². The lowest BCUT2D eigenvalue weighted by Gasteiger charge is -2.46. The van der Waals surface area contributed by atoms with Crippen molar-refractivity contribution in [1.82, 2.24) is 9.99 Å². The molecule has 1 amide bonds. The fourth-order valence-electron chi connectivity index (χ4n) is 3.20. The van der Waals surface area contributed by atoms with Gasteiger partial charge in [0.05, 0.1) is 5.56 Å². The minimum atomic E-state index is -8.83. The van der Waals surface area contributed by atoms with Crippen molar-refractivity contribution in [1.29, 1.82) is 0 Å². The molecule has 0 radical (unpaired) electrons. The Kier molecular flexibility index (Phi) is 7.51. The lowest BCUT2D eigenvalue weighted by molar-refractivity contribution is -0.469. The molecule has 1 aromatic rings. The Balaban J connectivity index is 2.70. The van der Waals surface area contributed by atoms with Gasteiger partial charge in [0.25, 0.3) is 5.91 Å². The van der Waals surface area contributed by atoms with Gasteiger partial charge in [-0.05, 0) is 19.1 Å². The summed E-state index contributed by atoms with van der Waals surface area (Å²) in [4.78, 5) is 15.7. The molecule has 0 bridgehead atoms. The van der Waals surface area contributed by atoms with Crippen LogP contribution >= 0.6 is 0 Å². The van der Waals surface area contributed by atoms with Crippen LogP contribution in [0.15, 0.2) is 29.6 Å². The van der Waals surface area contributed by atoms with Gasteiger partial charge in [-0.15, -0.1) is 0 Å². The predicted octanol–water partition coefficient (Wildman–Crippen LogP) is 6.00. The van der Waals surface area contributed by atoms with Crippen LogP contribution in [0.2, 0.25) is 0 Å². The third-order valence-corrected chi connectivity index (χ3v) is 5.45. The quantitative estimate of drug-likeness (QED) is 0.362. The second kappa shape index (κ2) is 9.03. The van der Waals surface area contributed by atoms with Crippen molar-refractivity contribution in [2.75, 3.05) is 0 Å². The van der Waals surface area contributed by atoms with Gasteiger partial charge in [-0.25, -0.2) is 0 Å². The summed E-state index contributed by atoms with van der Waals surface area (Å²) < 4.78 is 231. The number of hydrogen-bond donors (Lipinski definition) is 1. The molecule has 0 saturated carbocycles. The van der Waals surface area contributed by atoms with Crippen molar-refractivity contribution in [3.8, 4) is 0 Å². The summed E-state index contributed by atoms with van der Waals surface area (Å²) in [7, 11) is 0. The molecular formula is C18H10F17N3O2. The van der Waals surface area contributed by atoms with Crippen LogP contribution in [0.4, 0.5) is 74.6 Å². The molecule has 0 fully saturated rings. The largest absolute Gasteiger partial charge is 0.460 e. The Morgan fingerprint density at radius 2 is 1.20 bits per heavy atom. The summed E-state index contributed by atoms with van der Waals surface area (Å²) in [6.07, 6.45) is -8.56. The molecule has 0 spiro atoms. The van der Waals surface area contributed by atoms with E-state index in [4.69, 9.17) is 0 Å². The molecule has 1 aliphatic heterocycles. The zero-order valence-corrected chi connectivity index (χ0v) is 18.6. The Hall–Kier alpha value is -2.94. The van der Waals surface area contributed by atoms with Crippen LogP contribution in [0.3, 0.4) is 0 Å². The first-order chi connectivity index (χ1) is 17.5. The van der Waals surface area contributed by atoms with Gasteiger partial charge in [-0.2, -0.15) is 84.7 Å². The molecule has 0 unspecified atom stereocenters. The molecular weight excluding hydrogens is 613 g/mol. The number of aliphatic hydroxyl groups is 1. The highest BCUT2D eigenvalue weighted by Crippen LogP contribution is 2.65. The number of nitrogens with zero attached hydrogens (tertiary/aromatic N) is 3. The highest BCUT2D eigenvalue weighted by Gasteiger charge is 2.96. The van der Waals surface area contributed by atoms with Gasteiger partial charge in [0.15, 0.2) is 0 Å². The second-order valence-corrected chi connectivity index (χ2v) is 8.21. The van der Waals surface area contributed by atoms with Gasteiger partial charge in [0, 0.05) is 24.5 Å². The van der Waals surface area contributed by atoms with Crippen LogP contribution in [0, 0.1) is 0 Å². The van der Waals surface area contributed by atoms with Gasteiger partial charge in [0.2, 0.25) is 5.72 Å². The number of hydrazone groups is 1. The molecule has 22 heteroatoms. The summed E-state index contributed by atoms with van der Waals surface area (Å²) in [6, 6.07) is 1.57.